The summed E-state index contributed by atoms with van der Waals surface area (Å²) in [6, 6.07) is 2.24. The average molecular weight is 379 g/mol. The van der Waals surface area contributed by atoms with Crippen LogP contribution in [0.1, 0.15) is 47.7 Å². The SMILES string of the molecule is NC(=O)C1CS(=O)(=O)CN1C(=O)c1ccc(C2CC2)c(OCC2CC2)n1. The zero-order chi connectivity index (χ0) is 18.5. The van der Waals surface area contributed by atoms with Crippen molar-refractivity contribution in [1.82, 2.24) is 9.88 Å². The minimum absolute atomic E-state index is 0.0727. The van der Waals surface area contributed by atoms with Gasteiger partial charge in [-0.3, -0.25) is 9.59 Å². The number of nitrogens with two attached hydrogens (primary N) is 1. The molecule has 1 atom stereocenters. The Balaban J connectivity index is 1.60. The minimum Gasteiger partial charge on any atom is -0.477 e. The number of ether oxygens (including phenoxy) is 1. The Kier molecular flexibility index (Phi) is 4.13. The summed E-state index contributed by atoms with van der Waals surface area (Å²) in [7, 11) is -3.53. The lowest BCUT2D eigenvalue weighted by atomic mass is 10.1. The first kappa shape index (κ1) is 17.3. The largest absolute Gasteiger partial charge is 0.477 e. The van der Waals surface area contributed by atoms with E-state index in [4.69, 9.17) is 10.5 Å². The summed E-state index contributed by atoms with van der Waals surface area (Å²) in [5, 5.41) is 0. The van der Waals surface area contributed by atoms with Crippen molar-refractivity contribution in [3.05, 3.63) is 23.4 Å². The fourth-order valence-electron chi connectivity index (χ4n) is 3.14. The van der Waals surface area contributed by atoms with Crippen LogP contribution >= 0.6 is 0 Å². The maximum atomic E-state index is 12.8. The second-order valence-electron chi connectivity index (χ2n) is 7.35. The van der Waals surface area contributed by atoms with Crippen LogP contribution in [0.2, 0.25) is 0 Å². The van der Waals surface area contributed by atoms with Crippen molar-refractivity contribution in [3.8, 4) is 5.88 Å². The summed E-state index contributed by atoms with van der Waals surface area (Å²) in [6.45, 7) is 0.576. The smallest absolute Gasteiger partial charge is 0.274 e. The maximum Gasteiger partial charge on any atom is 0.274 e. The zero-order valence-corrected chi connectivity index (χ0v) is 15.1. The number of carbonyl (C=O) groups excluding carboxylic acids is 2. The van der Waals surface area contributed by atoms with Crippen molar-refractivity contribution in [2.24, 2.45) is 11.7 Å². The third kappa shape index (κ3) is 3.53. The normalized spacial score (nSPS) is 24.5. The molecule has 3 fully saturated rings. The lowest BCUT2D eigenvalue weighted by Gasteiger charge is -2.20. The molecule has 2 saturated carbocycles. The van der Waals surface area contributed by atoms with E-state index in [2.05, 4.69) is 4.98 Å². The molecule has 0 aromatic carbocycles. The summed E-state index contributed by atoms with van der Waals surface area (Å²) in [5.41, 5.74) is 6.33. The molecule has 0 spiro atoms. The van der Waals surface area contributed by atoms with Gasteiger partial charge in [0.25, 0.3) is 5.91 Å². The van der Waals surface area contributed by atoms with Gasteiger partial charge in [0.2, 0.25) is 11.8 Å². The molecule has 0 bridgehead atoms. The van der Waals surface area contributed by atoms with Crippen LogP contribution in [-0.4, -0.2) is 54.4 Å². The first-order chi connectivity index (χ1) is 12.3. The standard InChI is InChI=1S/C17H21N3O5S/c18-15(21)14-8-26(23,24)9-20(14)17(22)13-6-5-12(11-3-4-11)16(19-13)25-7-10-1-2-10/h5-6,10-11,14H,1-4,7-9H2,(H2,18,21). The highest BCUT2D eigenvalue weighted by Crippen LogP contribution is 2.44. The molecule has 140 valence electrons. The van der Waals surface area contributed by atoms with Gasteiger partial charge in [-0.2, -0.15) is 0 Å². The third-order valence-electron chi connectivity index (χ3n) is 4.99. The quantitative estimate of drug-likeness (QED) is 0.765. The van der Waals surface area contributed by atoms with Gasteiger partial charge in [-0.1, -0.05) is 6.07 Å². The first-order valence-electron chi connectivity index (χ1n) is 8.78. The molecule has 8 nitrogen and oxygen atoms in total. The summed E-state index contributed by atoms with van der Waals surface area (Å²) in [4.78, 5) is 29.7. The predicted octanol–water partition coefficient (Wildman–Crippen LogP) is 0.430. The summed E-state index contributed by atoms with van der Waals surface area (Å²) >= 11 is 0. The molecular weight excluding hydrogens is 358 g/mol. The van der Waals surface area contributed by atoms with Gasteiger partial charge in [-0.25, -0.2) is 13.4 Å². The number of pyridine rings is 1. The van der Waals surface area contributed by atoms with E-state index in [1.807, 2.05) is 6.07 Å². The fraction of sp³-hybridized carbons (Fsp3) is 0.588. The van der Waals surface area contributed by atoms with Crippen LogP contribution in [0.15, 0.2) is 12.1 Å². The van der Waals surface area contributed by atoms with E-state index in [9.17, 15) is 18.0 Å². The monoisotopic (exact) mass is 379 g/mol. The Morgan fingerprint density at radius 2 is 1.96 bits per heavy atom. The molecule has 9 heteroatoms. The molecule has 1 aromatic rings. The fourth-order valence-corrected chi connectivity index (χ4v) is 4.79. The van der Waals surface area contributed by atoms with E-state index in [1.54, 1.807) is 6.07 Å². The van der Waals surface area contributed by atoms with Crippen LogP contribution in [0.25, 0.3) is 0 Å². The Bertz CT molecular complexity index is 861. The first-order valence-corrected chi connectivity index (χ1v) is 10.6. The Labute approximate surface area is 151 Å². The molecule has 1 saturated heterocycles. The van der Waals surface area contributed by atoms with E-state index < -0.39 is 39.3 Å². The van der Waals surface area contributed by atoms with E-state index in [0.29, 0.717) is 24.3 Å². The topological polar surface area (TPSA) is 120 Å². The molecule has 2 aliphatic carbocycles. The third-order valence-corrected chi connectivity index (χ3v) is 6.49. The van der Waals surface area contributed by atoms with Crippen molar-refractivity contribution < 1.29 is 22.7 Å². The summed E-state index contributed by atoms with van der Waals surface area (Å²) in [6.07, 6.45) is 4.43. The van der Waals surface area contributed by atoms with Gasteiger partial charge in [0, 0.05) is 5.56 Å². The molecule has 26 heavy (non-hydrogen) atoms. The van der Waals surface area contributed by atoms with E-state index in [0.717, 1.165) is 36.1 Å². The number of hydrogen-bond donors (Lipinski definition) is 1. The number of nitrogens with zero attached hydrogens (tertiary/aromatic N) is 2. The molecule has 2 amide bonds. The molecule has 1 aromatic heterocycles. The Hall–Kier alpha value is -2.16. The summed E-state index contributed by atoms with van der Waals surface area (Å²) in [5.74, 6) is -1.02. The van der Waals surface area contributed by atoms with Gasteiger partial charge in [0.05, 0.1) is 12.4 Å². The van der Waals surface area contributed by atoms with Crippen LogP contribution in [0.5, 0.6) is 5.88 Å². The van der Waals surface area contributed by atoms with E-state index >= 15 is 0 Å². The highest BCUT2D eigenvalue weighted by Gasteiger charge is 2.42. The average Bonchev–Trinajstić information content (AvgIpc) is 3.49. The van der Waals surface area contributed by atoms with Crippen LogP contribution in [0.4, 0.5) is 0 Å². The van der Waals surface area contributed by atoms with Gasteiger partial charge in [-0.15, -0.1) is 0 Å². The molecular formula is C17H21N3O5S. The number of aromatic nitrogens is 1. The minimum atomic E-state index is -3.53. The lowest BCUT2D eigenvalue weighted by molar-refractivity contribution is -0.121. The van der Waals surface area contributed by atoms with Gasteiger partial charge in [0.15, 0.2) is 9.84 Å². The maximum absolute atomic E-state index is 12.8. The van der Waals surface area contributed by atoms with Crippen LogP contribution in [0, 0.1) is 5.92 Å². The molecule has 2 heterocycles. The lowest BCUT2D eigenvalue weighted by Crippen LogP contribution is -2.45. The molecule has 4 rings (SSSR count). The van der Waals surface area contributed by atoms with Gasteiger partial charge >= 0.3 is 0 Å². The highest BCUT2D eigenvalue weighted by molar-refractivity contribution is 7.91. The number of rotatable bonds is 6. The number of carbonyl (C=O) groups is 2. The predicted molar refractivity (Wildman–Crippen MR) is 92.2 cm³/mol. The van der Waals surface area contributed by atoms with Crippen molar-refractivity contribution in [1.29, 1.82) is 0 Å². The number of sulfone groups is 1. The van der Waals surface area contributed by atoms with Crippen molar-refractivity contribution >= 4 is 21.7 Å². The molecule has 1 aliphatic heterocycles. The van der Waals surface area contributed by atoms with E-state index in [1.165, 1.54) is 0 Å². The van der Waals surface area contributed by atoms with Crippen LogP contribution < -0.4 is 10.5 Å². The van der Waals surface area contributed by atoms with Gasteiger partial charge < -0.3 is 15.4 Å². The summed E-state index contributed by atoms with van der Waals surface area (Å²) < 4.78 is 29.5. The van der Waals surface area contributed by atoms with Gasteiger partial charge in [0.1, 0.15) is 17.6 Å². The van der Waals surface area contributed by atoms with Crippen molar-refractivity contribution in [2.45, 2.75) is 37.6 Å². The Morgan fingerprint density at radius 3 is 2.58 bits per heavy atom. The second-order valence-corrected chi connectivity index (χ2v) is 9.43. The molecule has 0 radical (unpaired) electrons. The number of primary amides is 1. The van der Waals surface area contributed by atoms with Crippen LogP contribution in [0.3, 0.4) is 0 Å². The molecule has 2 N–H and O–H groups in total. The van der Waals surface area contributed by atoms with E-state index in [-0.39, 0.29) is 5.69 Å². The molecule has 3 aliphatic rings. The number of hydrogen-bond acceptors (Lipinski definition) is 6. The highest BCUT2D eigenvalue weighted by atomic mass is 32.2. The van der Waals surface area contributed by atoms with Crippen molar-refractivity contribution in [3.63, 3.8) is 0 Å². The zero-order valence-electron chi connectivity index (χ0n) is 14.3. The van der Waals surface area contributed by atoms with Crippen LogP contribution in [-0.2, 0) is 14.6 Å². The van der Waals surface area contributed by atoms with Crippen molar-refractivity contribution in [2.75, 3.05) is 18.2 Å². The second kappa shape index (κ2) is 6.22. The number of amides is 2. The molecule has 1 unspecified atom stereocenters. The Morgan fingerprint density at radius 1 is 1.23 bits per heavy atom. The van der Waals surface area contributed by atoms with Gasteiger partial charge in [-0.05, 0) is 43.6 Å².